The third-order valence-corrected chi connectivity index (χ3v) is 4.77. The molecule has 1 aliphatic heterocycles. The second-order valence-electron chi connectivity index (χ2n) is 6.56. The fourth-order valence-corrected chi connectivity index (χ4v) is 3.38. The summed E-state index contributed by atoms with van der Waals surface area (Å²) in [6.07, 6.45) is 3.93. The second-order valence-corrected chi connectivity index (χ2v) is 6.56. The highest BCUT2D eigenvalue weighted by molar-refractivity contribution is 6.08. The molecule has 3 rings (SSSR count). The van der Waals surface area contributed by atoms with Gasteiger partial charge in [0.1, 0.15) is 23.0 Å². The van der Waals surface area contributed by atoms with Gasteiger partial charge in [0.25, 0.3) is 5.91 Å². The highest BCUT2D eigenvalue weighted by Gasteiger charge is 2.35. The summed E-state index contributed by atoms with van der Waals surface area (Å²) in [5, 5.41) is 11.9. The quantitative estimate of drug-likeness (QED) is 0.704. The molecular formula is C19H23FN2O5. The number of hydrogen-bond donors (Lipinski definition) is 2. The van der Waals surface area contributed by atoms with E-state index in [1.165, 1.54) is 24.1 Å². The Morgan fingerprint density at radius 3 is 2.78 bits per heavy atom. The molecule has 1 heterocycles. The normalized spacial score (nSPS) is 17.6. The first-order valence-electron chi connectivity index (χ1n) is 8.99. The van der Waals surface area contributed by atoms with Crippen molar-refractivity contribution in [3.05, 3.63) is 35.3 Å². The zero-order valence-corrected chi connectivity index (χ0v) is 15.2. The molecule has 2 N–H and O–H groups in total. The van der Waals surface area contributed by atoms with E-state index < -0.39 is 17.7 Å². The lowest BCUT2D eigenvalue weighted by atomic mass is 10.2. The van der Waals surface area contributed by atoms with Crippen LogP contribution in [0.3, 0.4) is 0 Å². The molecule has 0 saturated heterocycles. The van der Waals surface area contributed by atoms with Gasteiger partial charge in [0.05, 0.1) is 31.9 Å². The second kappa shape index (κ2) is 8.39. The van der Waals surface area contributed by atoms with E-state index in [4.69, 9.17) is 14.6 Å². The fourth-order valence-electron chi connectivity index (χ4n) is 3.38. The number of carbonyl (C=O) groups excluding carboxylic acids is 2. The van der Waals surface area contributed by atoms with E-state index >= 15 is 0 Å². The summed E-state index contributed by atoms with van der Waals surface area (Å²) in [7, 11) is 1.21. The number of rotatable bonds is 7. The van der Waals surface area contributed by atoms with Crippen LogP contribution in [0.15, 0.2) is 29.5 Å². The van der Waals surface area contributed by atoms with Crippen LogP contribution in [0.25, 0.3) is 0 Å². The van der Waals surface area contributed by atoms with Gasteiger partial charge in [-0.2, -0.15) is 0 Å². The van der Waals surface area contributed by atoms with Crippen molar-refractivity contribution in [1.82, 2.24) is 4.90 Å². The number of halogens is 1. The molecular weight excluding hydrogens is 355 g/mol. The van der Waals surface area contributed by atoms with E-state index in [0.717, 1.165) is 25.7 Å². The highest BCUT2D eigenvalue weighted by Crippen LogP contribution is 2.34. The standard InChI is InChI=1S/C19H23FN2O5/c1-26-19(25)13-11-22(9-10-23)18(24)16(13)21-17-14(20)7-4-8-15(17)27-12-5-2-3-6-12/h4,7-8,12,21,23H,2-3,5-6,9-11H2,1H3. The number of nitrogens with zero attached hydrogens (tertiary/aromatic N) is 1. The molecule has 1 saturated carbocycles. The van der Waals surface area contributed by atoms with Gasteiger partial charge in [0.2, 0.25) is 0 Å². The van der Waals surface area contributed by atoms with Crippen molar-refractivity contribution >= 4 is 17.6 Å². The van der Waals surface area contributed by atoms with Gasteiger partial charge >= 0.3 is 5.97 Å². The van der Waals surface area contributed by atoms with Crippen LogP contribution in [0.4, 0.5) is 10.1 Å². The first-order chi connectivity index (χ1) is 13.0. The zero-order chi connectivity index (χ0) is 19.4. The summed E-state index contributed by atoms with van der Waals surface area (Å²) in [6, 6.07) is 4.43. The lowest BCUT2D eigenvalue weighted by molar-refractivity contribution is -0.136. The minimum atomic E-state index is -0.680. The lowest BCUT2D eigenvalue weighted by Crippen LogP contribution is -2.31. The maximum Gasteiger partial charge on any atom is 0.337 e. The number of aliphatic hydroxyl groups is 1. The summed E-state index contributed by atoms with van der Waals surface area (Å²) in [4.78, 5) is 26.0. The van der Waals surface area contributed by atoms with Gasteiger partial charge in [0, 0.05) is 6.54 Å². The number of carbonyl (C=O) groups is 2. The maximum atomic E-state index is 14.5. The number of ether oxygens (including phenoxy) is 2. The van der Waals surface area contributed by atoms with Crippen LogP contribution in [-0.4, -0.2) is 54.8 Å². The molecule has 1 aliphatic carbocycles. The average molecular weight is 378 g/mol. The Bertz CT molecular complexity index is 758. The van der Waals surface area contributed by atoms with E-state index in [1.807, 2.05) is 0 Å². The predicted molar refractivity (Wildman–Crippen MR) is 95.6 cm³/mol. The molecule has 8 heteroatoms. The smallest absolute Gasteiger partial charge is 0.337 e. The van der Waals surface area contributed by atoms with Gasteiger partial charge in [-0.15, -0.1) is 0 Å². The average Bonchev–Trinajstić information content (AvgIpc) is 3.27. The Morgan fingerprint density at radius 2 is 2.11 bits per heavy atom. The van der Waals surface area contributed by atoms with Crippen molar-refractivity contribution in [3.8, 4) is 5.75 Å². The SMILES string of the molecule is COC(=O)C1=C(Nc2c(F)cccc2OC2CCCC2)C(=O)N(CCO)C1. The van der Waals surface area contributed by atoms with Crippen LogP contribution in [-0.2, 0) is 14.3 Å². The predicted octanol–water partition coefficient (Wildman–Crippen LogP) is 1.82. The van der Waals surface area contributed by atoms with Gasteiger partial charge in [-0.05, 0) is 37.8 Å². The molecule has 27 heavy (non-hydrogen) atoms. The van der Waals surface area contributed by atoms with Crippen LogP contribution >= 0.6 is 0 Å². The van der Waals surface area contributed by atoms with E-state index in [1.54, 1.807) is 6.07 Å². The van der Waals surface area contributed by atoms with E-state index in [-0.39, 0.29) is 42.8 Å². The summed E-state index contributed by atoms with van der Waals surface area (Å²) in [5.74, 6) is -1.47. The molecule has 7 nitrogen and oxygen atoms in total. The van der Waals surface area contributed by atoms with Crippen LogP contribution < -0.4 is 10.1 Å². The topological polar surface area (TPSA) is 88.1 Å². The number of hydrogen-bond acceptors (Lipinski definition) is 6. The highest BCUT2D eigenvalue weighted by atomic mass is 19.1. The first kappa shape index (κ1) is 19.2. The van der Waals surface area contributed by atoms with Crippen LogP contribution in [0.2, 0.25) is 0 Å². The fraction of sp³-hybridized carbons (Fsp3) is 0.474. The molecule has 2 aliphatic rings. The number of methoxy groups -OCH3 is 1. The third-order valence-electron chi connectivity index (χ3n) is 4.77. The molecule has 0 atom stereocenters. The van der Waals surface area contributed by atoms with Gasteiger partial charge in [-0.1, -0.05) is 6.07 Å². The lowest BCUT2D eigenvalue weighted by Gasteiger charge is -2.19. The third kappa shape index (κ3) is 4.05. The Balaban J connectivity index is 1.91. The molecule has 1 aromatic rings. The molecule has 0 bridgehead atoms. The minimum absolute atomic E-state index is 0.00609. The Morgan fingerprint density at radius 1 is 1.37 bits per heavy atom. The molecule has 0 radical (unpaired) electrons. The first-order valence-corrected chi connectivity index (χ1v) is 8.99. The van der Waals surface area contributed by atoms with Gasteiger partial charge in [-0.3, -0.25) is 4.79 Å². The molecule has 0 aromatic heterocycles. The summed E-state index contributed by atoms with van der Waals surface area (Å²) in [5.41, 5.74) is 0.0442. The maximum absolute atomic E-state index is 14.5. The zero-order valence-electron chi connectivity index (χ0n) is 15.2. The van der Waals surface area contributed by atoms with Gasteiger partial charge in [0.15, 0.2) is 0 Å². The number of para-hydroxylation sites is 1. The Kier molecular flexibility index (Phi) is 5.95. The molecule has 1 amide bonds. The number of benzene rings is 1. The molecule has 1 aromatic carbocycles. The van der Waals surface area contributed by atoms with Crippen molar-refractivity contribution in [2.75, 3.05) is 32.1 Å². The van der Waals surface area contributed by atoms with Crippen LogP contribution in [0, 0.1) is 5.82 Å². The Labute approximate surface area is 156 Å². The monoisotopic (exact) mass is 378 g/mol. The molecule has 0 spiro atoms. The number of aliphatic hydroxyl groups excluding tert-OH is 1. The van der Waals surface area contributed by atoms with Crippen molar-refractivity contribution in [2.45, 2.75) is 31.8 Å². The Hall–Kier alpha value is -2.61. The largest absolute Gasteiger partial charge is 0.488 e. The number of amides is 1. The van der Waals surface area contributed by atoms with Crippen LogP contribution in [0.1, 0.15) is 25.7 Å². The van der Waals surface area contributed by atoms with E-state index in [9.17, 15) is 14.0 Å². The van der Waals surface area contributed by atoms with Gasteiger partial charge in [-0.25, -0.2) is 9.18 Å². The van der Waals surface area contributed by atoms with Crippen molar-refractivity contribution < 1.29 is 28.6 Å². The number of esters is 1. The molecule has 0 unspecified atom stereocenters. The molecule has 1 fully saturated rings. The minimum Gasteiger partial charge on any atom is -0.488 e. The van der Waals surface area contributed by atoms with Gasteiger partial charge < -0.3 is 24.8 Å². The summed E-state index contributed by atoms with van der Waals surface area (Å²) >= 11 is 0. The van der Waals surface area contributed by atoms with E-state index in [2.05, 4.69) is 5.32 Å². The van der Waals surface area contributed by atoms with Crippen molar-refractivity contribution in [2.24, 2.45) is 0 Å². The van der Waals surface area contributed by atoms with Crippen LogP contribution in [0.5, 0.6) is 5.75 Å². The van der Waals surface area contributed by atoms with E-state index in [0.29, 0.717) is 5.75 Å². The number of β-amino-alcohol motifs (C(OH)–C–C–N with tert-alkyl or cyclic N) is 1. The summed E-state index contributed by atoms with van der Waals surface area (Å²) in [6.45, 7) is -0.196. The van der Waals surface area contributed by atoms with Crippen molar-refractivity contribution in [3.63, 3.8) is 0 Å². The number of anilines is 1. The number of nitrogens with one attached hydrogen (secondary N) is 1. The summed E-state index contributed by atoms with van der Waals surface area (Å²) < 4.78 is 25.2. The molecule has 146 valence electrons. The van der Waals surface area contributed by atoms with Crippen molar-refractivity contribution in [1.29, 1.82) is 0 Å².